The van der Waals surface area contributed by atoms with Gasteiger partial charge in [0.1, 0.15) is 5.69 Å². The summed E-state index contributed by atoms with van der Waals surface area (Å²) in [4.78, 5) is 22.2. The molecule has 7 nitrogen and oxygen atoms in total. The fourth-order valence-electron chi connectivity index (χ4n) is 3.82. The first kappa shape index (κ1) is 19.9. The molecule has 0 aliphatic carbocycles. The fourth-order valence-corrected chi connectivity index (χ4v) is 3.82. The molecule has 0 aliphatic heterocycles. The van der Waals surface area contributed by atoms with Crippen LogP contribution in [0.4, 0.5) is 13.2 Å². The molecule has 0 unspecified atom stereocenters. The van der Waals surface area contributed by atoms with E-state index in [-0.39, 0.29) is 28.2 Å². The minimum Gasteiger partial charge on any atom is -0.493 e. The standard InChI is InChI=1S/C22H16F3N5O2/c1-12-16(14-11-29-10-6-9-15(32-2)19(29)27-14)21(31)30-20(26-12)17(13-7-4-3-5-8-13)18(28-30)22(23,24)25/h3-11,28H,1-2H3. The van der Waals surface area contributed by atoms with Gasteiger partial charge in [-0.1, -0.05) is 30.3 Å². The monoisotopic (exact) mass is 439 g/mol. The summed E-state index contributed by atoms with van der Waals surface area (Å²) in [5.41, 5.74) is -0.577. The van der Waals surface area contributed by atoms with E-state index in [1.165, 1.54) is 7.11 Å². The number of aryl methyl sites for hydroxylation is 1. The van der Waals surface area contributed by atoms with Gasteiger partial charge in [-0.15, -0.1) is 0 Å². The van der Waals surface area contributed by atoms with Crippen molar-refractivity contribution in [2.24, 2.45) is 0 Å². The highest BCUT2D eigenvalue weighted by Crippen LogP contribution is 2.38. The van der Waals surface area contributed by atoms with Crippen molar-refractivity contribution in [2.45, 2.75) is 13.1 Å². The maximum Gasteiger partial charge on any atom is 0.433 e. The predicted octanol–water partition coefficient (Wildman–Crippen LogP) is 4.34. The van der Waals surface area contributed by atoms with Crippen LogP contribution in [0.15, 0.2) is 59.7 Å². The Kier molecular flexibility index (Phi) is 4.33. The van der Waals surface area contributed by atoms with Crippen LogP contribution in [0.5, 0.6) is 5.75 Å². The van der Waals surface area contributed by atoms with Crippen molar-refractivity contribution in [3.63, 3.8) is 0 Å². The van der Waals surface area contributed by atoms with Gasteiger partial charge in [0.25, 0.3) is 5.56 Å². The van der Waals surface area contributed by atoms with Crippen molar-refractivity contribution in [3.05, 3.63) is 76.6 Å². The molecule has 0 atom stereocenters. The lowest BCUT2D eigenvalue weighted by Gasteiger charge is -2.07. The van der Waals surface area contributed by atoms with E-state index in [2.05, 4.69) is 15.1 Å². The maximum absolute atomic E-state index is 13.8. The van der Waals surface area contributed by atoms with Crippen LogP contribution in [0.25, 0.3) is 33.7 Å². The smallest absolute Gasteiger partial charge is 0.433 e. The summed E-state index contributed by atoms with van der Waals surface area (Å²) >= 11 is 0. The van der Waals surface area contributed by atoms with Crippen LogP contribution in [0, 0.1) is 6.92 Å². The first-order chi connectivity index (χ1) is 15.3. The Morgan fingerprint density at radius 1 is 1.00 bits per heavy atom. The number of nitrogens with one attached hydrogen (secondary N) is 1. The SMILES string of the molecule is COc1cccn2cc(-c3c(C)nc4c(-c5ccccc5)c(C(F)(F)F)[nH]n4c3=O)nc12. The van der Waals surface area contributed by atoms with E-state index in [4.69, 9.17) is 4.74 Å². The van der Waals surface area contributed by atoms with Crippen LogP contribution in [0.3, 0.4) is 0 Å². The molecule has 162 valence electrons. The second kappa shape index (κ2) is 6.98. The van der Waals surface area contributed by atoms with E-state index < -0.39 is 17.4 Å². The zero-order valence-electron chi connectivity index (χ0n) is 16.9. The van der Waals surface area contributed by atoms with Crippen LogP contribution in [-0.4, -0.2) is 31.1 Å². The number of benzene rings is 1. The summed E-state index contributed by atoms with van der Waals surface area (Å²) in [5, 5.41) is 2.22. The van der Waals surface area contributed by atoms with Gasteiger partial charge in [0.05, 0.1) is 29.6 Å². The minimum absolute atomic E-state index is 0.0999. The first-order valence-electron chi connectivity index (χ1n) is 9.59. The number of methoxy groups -OCH3 is 1. The normalized spacial score (nSPS) is 12.0. The van der Waals surface area contributed by atoms with Crippen molar-refractivity contribution in [1.29, 1.82) is 0 Å². The van der Waals surface area contributed by atoms with Crippen molar-refractivity contribution in [2.75, 3.05) is 7.11 Å². The summed E-state index contributed by atoms with van der Waals surface area (Å²) < 4.78 is 49.3. The second-order valence-corrected chi connectivity index (χ2v) is 7.20. The summed E-state index contributed by atoms with van der Waals surface area (Å²) in [5.74, 6) is 0.496. The number of nitrogens with zero attached hydrogens (tertiary/aromatic N) is 4. The molecule has 0 aliphatic rings. The molecule has 0 amide bonds. The number of aromatic nitrogens is 5. The van der Waals surface area contributed by atoms with Crippen LogP contribution < -0.4 is 10.3 Å². The maximum atomic E-state index is 13.8. The third-order valence-electron chi connectivity index (χ3n) is 5.23. The Balaban J connectivity index is 1.82. The van der Waals surface area contributed by atoms with Crippen molar-refractivity contribution >= 4 is 11.3 Å². The highest BCUT2D eigenvalue weighted by molar-refractivity contribution is 5.81. The Hall–Kier alpha value is -4.08. The number of hydrogen-bond donors (Lipinski definition) is 1. The van der Waals surface area contributed by atoms with Crippen molar-refractivity contribution < 1.29 is 17.9 Å². The number of imidazole rings is 1. The van der Waals surface area contributed by atoms with Crippen LogP contribution in [0.2, 0.25) is 0 Å². The van der Waals surface area contributed by atoms with Gasteiger partial charge in [-0.25, -0.2) is 9.97 Å². The van der Waals surface area contributed by atoms with E-state index in [9.17, 15) is 18.0 Å². The number of fused-ring (bicyclic) bond motifs is 2. The number of H-pyrrole nitrogens is 1. The molecule has 1 aromatic carbocycles. The quantitative estimate of drug-likeness (QED) is 0.454. The van der Waals surface area contributed by atoms with E-state index in [0.717, 1.165) is 4.52 Å². The minimum atomic E-state index is -4.71. The molecule has 0 radical (unpaired) electrons. The Labute approximate surface area is 178 Å². The number of alkyl halides is 3. The van der Waals surface area contributed by atoms with E-state index >= 15 is 0 Å². The molecule has 4 heterocycles. The molecule has 4 aromatic heterocycles. The molecule has 32 heavy (non-hydrogen) atoms. The highest BCUT2D eigenvalue weighted by atomic mass is 19.4. The number of halogens is 3. The average molecular weight is 439 g/mol. The van der Waals surface area contributed by atoms with Gasteiger partial charge in [0.15, 0.2) is 17.0 Å². The predicted molar refractivity (Wildman–Crippen MR) is 112 cm³/mol. The molecule has 0 bridgehead atoms. The summed E-state index contributed by atoms with van der Waals surface area (Å²) in [6.45, 7) is 1.58. The second-order valence-electron chi connectivity index (χ2n) is 7.20. The summed E-state index contributed by atoms with van der Waals surface area (Å²) in [6.07, 6.45) is -1.37. The summed E-state index contributed by atoms with van der Waals surface area (Å²) in [7, 11) is 1.50. The van der Waals surface area contributed by atoms with Gasteiger partial charge >= 0.3 is 6.18 Å². The Morgan fingerprint density at radius 2 is 1.75 bits per heavy atom. The van der Waals surface area contributed by atoms with Crippen LogP contribution in [-0.2, 0) is 6.18 Å². The molecule has 0 spiro atoms. The zero-order valence-corrected chi connectivity index (χ0v) is 16.9. The molecule has 5 rings (SSSR count). The van der Waals surface area contributed by atoms with Gasteiger partial charge in [0, 0.05) is 12.4 Å². The largest absolute Gasteiger partial charge is 0.493 e. The van der Waals surface area contributed by atoms with Crippen LogP contribution in [0.1, 0.15) is 11.4 Å². The van der Waals surface area contributed by atoms with E-state index in [1.807, 2.05) is 0 Å². The number of aromatic amines is 1. The third-order valence-corrected chi connectivity index (χ3v) is 5.23. The lowest BCUT2D eigenvalue weighted by atomic mass is 10.1. The number of pyridine rings is 1. The van der Waals surface area contributed by atoms with Gasteiger partial charge in [0.2, 0.25) is 0 Å². The van der Waals surface area contributed by atoms with Crippen molar-refractivity contribution in [3.8, 4) is 28.1 Å². The van der Waals surface area contributed by atoms with Gasteiger partial charge in [-0.2, -0.15) is 17.7 Å². The lowest BCUT2D eigenvalue weighted by molar-refractivity contribution is -0.140. The van der Waals surface area contributed by atoms with Crippen LogP contribution >= 0.6 is 0 Å². The molecular formula is C22H16F3N5O2. The molecule has 0 saturated heterocycles. The van der Waals surface area contributed by atoms with Gasteiger partial charge in [-0.3, -0.25) is 9.89 Å². The van der Waals surface area contributed by atoms with Crippen molar-refractivity contribution in [1.82, 2.24) is 24.0 Å². The number of rotatable bonds is 3. The topological polar surface area (TPSA) is 76.7 Å². The van der Waals surface area contributed by atoms with E-state index in [0.29, 0.717) is 17.0 Å². The van der Waals surface area contributed by atoms with E-state index in [1.54, 1.807) is 66.2 Å². The summed E-state index contributed by atoms with van der Waals surface area (Å²) in [6, 6.07) is 11.5. The highest BCUT2D eigenvalue weighted by Gasteiger charge is 2.38. The zero-order chi connectivity index (χ0) is 22.6. The lowest BCUT2D eigenvalue weighted by Crippen LogP contribution is -2.20. The Morgan fingerprint density at radius 3 is 2.44 bits per heavy atom. The Bertz CT molecular complexity index is 1530. The number of ether oxygens (including phenoxy) is 1. The van der Waals surface area contributed by atoms with Gasteiger partial charge < -0.3 is 9.14 Å². The molecule has 5 aromatic rings. The number of hydrogen-bond acceptors (Lipinski definition) is 4. The molecular weight excluding hydrogens is 423 g/mol. The first-order valence-corrected chi connectivity index (χ1v) is 9.59. The van der Waals surface area contributed by atoms with Gasteiger partial charge in [-0.05, 0) is 24.6 Å². The third kappa shape index (κ3) is 2.95. The average Bonchev–Trinajstić information content (AvgIpc) is 3.36. The fraction of sp³-hybridized carbons (Fsp3) is 0.136. The molecule has 0 fully saturated rings. The molecule has 10 heteroatoms. The molecule has 0 saturated carbocycles. The molecule has 1 N–H and O–H groups in total.